The third-order valence-corrected chi connectivity index (χ3v) is 5.63. The van der Waals surface area contributed by atoms with Crippen molar-refractivity contribution >= 4 is 27.0 Å². The van der Waals surface area contributed by atoms with Crippen molar-refractivity contribution < 1.29 is 17.9 Å². The molecule has 0 unspecified atom stereocenters. The summed E-state index contributed by atoms with van der Waals surface area (Å²) < 4.78 is 30.4. The van der Waals surface area contributed by atoms with E-state index in [0.717, 1.165) is 16.5 Å². The number of carbonyl (C=O) groups excluding carboxylic acids is 1. The summed E-state index contributed by atoms with van der Waals surface area (Å²) >= 11 is 0. The molecule has 1 aromatic carbocycles. The molecule has 0 aliphatic rings. The normalized spacial score (nSPS) is 11.8. The van der Waals surface area contributed by atoms with Crippen LogP contribution in [0.15, 0.2) is 47.5 Å². The van der Waals surface area contributed by atoms with Crippen molar-refractivity contribution in [3.05, 3.63) is 48.3 Å². The molecule has 0 amide bonds. The van der Waals surface area contributed by atoms with Gasteiger partial charge in [0.15, 0.2) is 0 Å². The number of sulfonamides is 1. The van der Waals surface area contributed by atoms with Crippen LogP contribution in [0.25, 0.3) is 22.2 Å². The van der Waals surface area contributed by atoms with Crippen LogP contribution in [-0.4, -0.2) is 49.9 Å². The van der Waals surface area contributed by atoms with Crippen LogP contribution < -0.4 is 0 Å². The average Bonchev–Trinajstić information content (AvgIpc) is 3.04. The molecule has 3 rings (SSSR count). The molecule has 3 aromatic rings. The lowest BCUT2D eigenvalue weighted by atomic mass is 10.1. The van der Waals surface area contributed by atoms with Crippen molar-refractivity contribution in [1.82, 2.24) is 14.3 Å². The number of fused-ring (bicyclic) bond motifs is 1. The molecule has 7 nitrogen and oxygen atoms in total. The number of ether oxygens (including phenoxy) is 1. The van der Waals surface area contributed by atoms with Crippen LogP contribution in [0.1, 0.15) is 10.5 Å². The van der Waals surface area contributed by atoms with E-state index in [4.69, 9.17) is 0 Å². The van der Waals surface area contributed by atoms with E-state index in [2.05, 4.69) is 14.7 Å². The van der Waals surface area contributed by atoms with E-state index in [1.807, 2.05) is 12.1 Å². The van der Waals surface area contributed by atoms with Crippen LogP contribution in [0.2, 0.25) is 0 Å². The highest BCUT2D eigenvalue weighted by atomic mass is 32.2. The fourth-order valence-corrected chi connectivity index (χ4v) is 3.39. The number of methoxy groups -OCH3 is 1. The van der Waals surface area contributed by atoms with Crippen molar-refractivity contribution in [1.29, 1.82) is 0 Å². The molecule has 0 bridgehead atoms. The number of aromatic amines is 1. The number of H-pyrrole nitrogens is 1. The molecule has 0 atom stereocenters. The number of rotatable bonds is 4. The number of hydrogen-bond donors (Lipinski definition) is 1. The number of nitrogens with zero attached hydrogens (tertiary/aromatic N) is 2. The summed E-state index contributed by atoms with van der Waals surface area (Å²) in [7, 11) is 0.774. The van der Waals surface area contributed by atoms with Crippen molar-refractivity contribution in [2.75, 3.05) is 21.2 Å². The summed E-state index contributed by atoms with van der Waals surface area (Å²) in [6.07, 6.45) is 1.63. The Labute approximate surface area is 145 Å². The predicted octanol–water partition coefficient (Wildman–Crippen LogP) is 2.27. The molecular formula is C17H17N3O4S. The first kappa shape index (κ1) is 17.1. The third-order valence-electron chi connectivity index (χ3n) is 3.82. The van der Waals surface area contributed by atoms with Gasteiger partial charge in [-0.05, 0) is 29.8 Å². The van der Waals surface area contributed by atoms with Crippen molar-refractivity contribution in [2.24, 2.45) is 0 Å². The maximum absolute atomic E-state index is 12.3. The van der Waals surface area contributed by atoms with E-state index >= 15 is 0 Å². The Balaban J connectivity index is 2.06. The first-order valence-electron chi connectivity index (χ1n) is 7.43. The Morgan fingerprint density at radius 2 is 1.92 bits per heavy atom. The van der Waals surface area contributed by atoms with Crippen LogP contribution in [0, 0.1) is 0 Å². The van der Waals surface area contributed by atoms with Crippen LogP contribution >= 0.6 is 0 Å². The fourth-order valence-electron chi connectivity index (χ4n) is 2.44. The van der Waals surface area contributed by atoms with Gasteiger partial charge in [-0.15, -0.1) is 0 Å². The topological polar surface area (TPSA) is 92.4 Å². The molecule has 2 aromatic heterocycles. The molecule has 0 saturated carbocycles. The van der Waals surface area contributed by atoms with Gasteiger partial charge < -0.3 is 9.72 Å². The maximum atomic E-state index is 12.3. The number of benzene rings is 1. The Kier molecular flexibility index (Phi) is 4.32. The molecule has 0 aliphatic heterocycles. The molecule has 1 N–H and O–H groups in total. The maximum Gasteiger partial charge on any atom is 0.354 e. The summed E-state index contributed by atoms with van der Waals surface area (Å²) in [4.78, 5) is 19.0. The number of aromatic nitrogens is 2. The molecule has 2 heterocycles. The Morgan fingerprint density at radius 3 is 2.60 bits per heavy atom. The minimum atomic E-state index is -3.51. The van der Waals surface area contributed by atoms with E-state index in [-0.39, 0.29) is 4.90 Å². The van der Waals surface area contributed by atoms with Gasteiger partial charge in [0, 0.05) is 31.2 Å². The summed E-state index contributed by atoms with van der Waals surface area (Å²) in [5.74, 6) is -0.473. The zero-order chi connectivity index (χ0) is 18.2. The highest BCUT2D eigenvalue weighted by Crippen LogP contribution is 2.26. The molecular weight excluding hydrogens is 342 g/mol. The predicted molar refractivity (Wildman–Crippen MR) is 93.7 cm³/mol. The summed E-state index contributed by atoms with van der Waals surface area (Å²) in [5, 5.41) is 0.735. The van der Waals surface area contributed by atoms with Crippen LogP contribution in [-0.2, 0) is 14.8 Å². The van der Waals surface area contributed by atoms with Gasteiger partial charge in [-0.1, -0.05) is 12.1 Å². The van der Waals surface area contributed by atoms with Gasteiger partial charge in [0.05, 0.1) is 12.0 Å². The van der Waals surface area contributed by atoms with E-state index < -0.39 is 16.0 Å². The van der Waals surface area contributed by atoms with Gasteiger partial charge in [0.1, 0.15) is 11.3 Å². The van der Waals surface area contributed by atoms with Gasteiger partial charge in [0.25, 0.3) is 0 Å². The Bertz CT molecular complexity index is 1050. The van der Waals surface area contributed by atoms with E-state index in [1.54, 1.807) is 30.5 Å². The largest absolute Gasteiger partial charge is 0.464 e. The molecule has 0 aliphatic carbocycles. The fraction of sp³-hybridized carbons (Fsp3) is 0.176. The second-order valence-electron chi connectivity index (χ2n) is 5.65. The first-order chi connectivity index (χ1) is 11.8. The third kappa shape index (κ3) is 3.13. The van der Waals surface area contributed by atoms with Crippen LogP contribution in [0.4, 0.5) is 0 Å². The van der Waals surface area contributed by atoms with E-state index in [9.17, 15) is 13.2 Å². The van der Waals surface area contributed by atoms with Crippen molar-refractivity contribution in [2.45, 2.75) is 4.90 Å². The van der Waals surface area contributed by atoms with Crippen molar-refractivity contribution in [3.63, 3.8) is 0 Å². The van der Waals surface area contributed by atoms with E-state index in [0.29, 0.717) is 11.3 Å². The summed E-state index contributed by atoms with van der Waals surface area (Å²) in [6.45, 7) is 0. The summed E-state index contributed by atoms with van der Waals surface area (Å²) in [6, 6.07) is 10.1. The number of pyridine rings is 1. The molecule has 0 radical (unpaired) electrons. The molecule has 0 fully saturated rings. The number of hydrogen-bond acceptors (Lipinski definition) is 5. The molecule has 0 saturated heterocycles. The molecule has 0 spiro atoms. The Morgan fingerprint density at radius 1 is 1.16 bits per heavy atom. The number of esters is 1. The minimum Gasteiger partial charge on any atom is -0.464 e. The van der Waals surface area contributed by atoms with Gasteiger partial charge in [-0.2, -0.15) is 0 Å². The lowest BCUT2D eigenvalue weighted by Gasteiger charge is -2.12. The zero-order valence-electron chi connectivity index (χ0n) is 14.0. The second-order valence-corrected chi connectivity index (χ2v) is 7.80. The number of carbonyl (C=O) groups is 1. The lowest BCUT2D eigenvalue weighted by Crippen LogP contribution is -2.22. The summed E-state index contributed by atoms with van der Waals surface area (Å²) in [5.41, 5.74) is 2.34. The van der Waals surface area contributed by atoms with Crippen LogP contribution in [0.5, 0.6) is 0 Å². The SMILES string of the molecule is COC(=O)c1cc2cc(-c3cccc(S(=O)(=O)N(C)C)c3)cnc2[nH]1. The highest BCUT2D eigenvalue weighted by Gasteiger charge is 2.18. The van der Waals surface area contributed by atoms with Gasteiger partial charge in [0.2, 0.25) is 10.0 Å². The average molecular weight is 359 g/mol. The highest BCUT2D eigenvalue weighted by molar-refractivity contribution is 7.89. The zero-order valence-corrected chi connectivity index (χ0v) is 14.8. The van der Waals surface area contributed by atoms with E-state index in [1.165, 1.54) is 25.5 Å². The van der Waals surface area contributed by atoms with Crippen molar-refractivity contribution in [3.8, 4) is 11.1 Å². The minimum absolute atomic E-state index is 0.208. The van der Waals surface area contributed by atoms with Crippen LogP contribution in [0.3, 0.4) is 0 Å². The Hall–Kier alpha value is -2.71. The number of nitrogens with one attached hydrogen (secondary N) is 1. The van der Waals surface area contributed by atoms with Gasteiger partial charge >= 0.3 is 5.97 Å². The first-order valence-corrected chi connectivity index (χ1v) is 8.87. The monoisotopic (exact) mass is 359 g/mol. The van der Waals surface area contributed by atoms with Gasteiger partial charge in [-0.3, -0.25) is 0 Å². The molecule has 130 valence electrons. The quantitative estimate of drug-likeness (QED) is 0.722. The van der Waals surface area contributed by atoms with Gasteiger partial charge in [-0.25, -0.2) is 22.5 Å². The smallest absolute Gasteiger partial charge is 0.354 e. The molecule has 8 heteroatoms. The molecule has 25 heavy (non-hydrogen) atoms. The second kappa shape index (κ2) is 6.30. The lowest BCUT2D eigenvalue weighted by molar-refractivity contribution is 0.0595. The standard InChI is InChI=1S/C17H17N3O4S/c1-20(2)25(22,23)14-6-4-5-11(8-14)13-7-12-9-15(17(21)24-3)19-16(12)18-10-13/h4-10H,1-3H3,(H,18,19).